The summed E-state index contributed by atoms with van der Waals surface area (Å²) in [7, 11) is 0. The maximum Gasteiger partial charge on any atom is 0.175 e. The van der Waals surface area contributed by atoms with E-state index in [-0.39, 0.29) is 5.75 Å². The normalized spacial score (nSPS) is 11.5. The number of hydrogen-bond donors (Lipinski definition) is 1. The molecule has 0 unspecified atom stereocenters. The molecule has 0 saturated heterocycles. The molecule has 0 saturated carbocycles. The van der Waals surface area contributed by atoms with Gasteiger partial charge in [0.25, 0.3) is 0 Å². The van der Waals surface area contributed by atoms with Crippen LogP contribution < -0.4 is 0 Å². The summed E-state index contributed by atoms with van der Waals surface area (Å²) in [6, 6.07) is 12.5. The molecule has 5 rings (SSSR count). The third-order valence-electron chi connectivity index (χ3n) is 4.50. The van der Waals surface area contributed by atoms with Gasteiger partial charge in [-0.05, 0) is 48.9 Å². The van der Waals surface area contributed by atoms with Crippen LogP contribution in [0.3, 0.4) is 0 Å². The number of nitrogens with zero attached hydrogens (tertiary/aromatic N) is 6. The number of aryl methyl sites for hydroxylation is 1. The average Bonchev–Trinajstić information content (AvgIpc) is 3.28. The van der Waals surface area contributed by atoms with Crippen LogP contribution in [-0.2, 0) is 0 Å². The number of halogens is 1. The highest BCUT2D eigenvalue weighted by Gasteiger charge is 2.16. The minimum Gasteiger partial charge on any atom is -0.508 e. The lowest BCUT2D eigenvalue weighted by molar-refractivity contribution is 0.475. The molecule has 0 aliphatic rings. The molecule has 3 heterocycles. The van der Waals surface area contributed by atoms with Gasteiger partial charge in [0, 0.05) is 10.6 Å². The Morgan fingerprint density at radius 1 is 1.00 bits per heavy atom. The van der Waals surface area contributed by atoms with Crippen molar-refractivity contribution in [3.05, 3.63) is 65.6 Å². The van der Waals surface area contributed by atoms with Gasteiger partial charge in [-0.25, -0.2) is 9.67 Å². The summed E-state index contributed by atoms with van der Waals surface area (Å²) in [5.74, 6) is 0.845. The van der Waals surface area contributed by atoms with E-state index in [0.717, 1.165) is 22.2 Å². The molecule has 0 amide bonds. The molecule has 0 aliphatic heterocycles. The molecule has 27 heavy (non-hydrogen) atoms. The fraction of sp³-hybridized carbons (Fsp3) is 0.0526. The van der Waals surface area contributed by atoms with Crippen molar-refractivity contribution in [2.45, 2.75) is 6.92 Å². The summed E-state index contributed by atoms with van der Waals surface area (Å²) in [5, 5.41) is 24.0. The highest BCUT2D eigenvalue weighted by atomic mass is 35.5. The highest BCUT2D eigenvalue weighted by molar-refractivity contribution is 6.30. The number of phenolic OH excluding ortho intramolecular Hbond substituents is 1. The highest BCUT2D eigenvalue weighted by Crippen LogP contribution is 2.26. The van der Waals surface area contributed by atoms with Crippen molar-refractivity contribution in [2.75, 3.05) is 0 Å². The average molecular weight is 377 g/mol. The van der Waals surface area contributed by atoms with Gasteiger partial charge >= 0.3 is 0 Å². The first-order valence-corrected chi connectivity index (χ1v) is 8.63. The Bertz CT molecular complexity index is 1310. The Balaban J connectivity index is 1.72. The Hall–Kier alpha value is -3.45. The molecule has 3 aromatic heterocycles. The predicted molar refractivity (Wildman–Crippen MR) is 102 cm³/mol. The van der Waals surface area contributed by atoms with Gasteiger partial charge in [-0.15, -0.1) is 10.2 Å². The molecule has 1 N–H and O–H groups in total. The van der Waals surface area contributed by atoms with Crippen LogP contribution in [0.25, 0.3) is 33.8 Å². The van der Waals surface area contributed by atoms with Gasteiger partial charge < -0.3 is 5.11 Å². The lowest BCUT2D eigenvalue weighted by Crippen LogP contribution is -2.01. The van der Waals surface area contributed by atoms with Crippen molar-refractivity contribution in [3.63, 3.8) is 0 Å². The molecule has 0 aliphatic carbocycles. The largest absolute Gasteiger partial charge is 0.508 e. The summed E-state index contributed by atoms with van der Waals surface area (Å²) in [6.07, 6.45) is 3.41. The number of benzene rings is 2. The third kappa shape index (κ3) is 2.43. The zero-order chi connectivity index (χ0) is 18.5. The molecular weight excluding hydrogens is 364 g/mol. The number of aromatic nitrogens is 6. The molecule has 2 aromatic carbocycles. The molecule has 0 atom stereocenters. The second-order valence-corrected chi connectivity index (χ2v) is 6.67. The zero-order valence-electron chi connectivity index (χ0n) is 14.2. The molecular formula is C19H13ClN6O. The Kier molecular flexibility index (Phi) is 3.38. The van der Waals surface area contributed by atoms with Crippen LogP contribution in [0.1, 0.15) is 5.56 Å². The number of phenols is 1. The van der Waals surface area contributed by atoms with Crippen LogP contribution in [0.2, 0.25) is 5.02 Å². The van der Waals surface area contributed by atoms with Gasteiger partial charge in [-0.1, -0.05) is 17.7 Å². The van der Waals surface area contributed by atoms with Gasteiger partial charge in [0.2, 0.25) is 0 Å². The first-order chi connectivity index (χ1) is 13.1. The summed E-state index contributed by atoms with van der Waals surface area (Å²) < 4.78 is 3.57. The zero-order valence-corrected chi connectivity index (χ0v) is 15.0. The van der Waals surface area contributed by atoms with Gasteiger partial charge in [0.05, 0.1) is 17.3 Å². The Morgan fingerprint density at radius 2 is 1.81 bits per heavy atom. The van der Waals surface area contributed by atoms with Gasteiger partial charge in [-0.3, -0.25) is 4.40 Å². The first kappa shape index (κ1) is 15.8. The van der Waals surface area contributed by atoms with Crippen LogP contribution in [0.4, 0.5) is 0 Å². The molecule has 7 nitrogen and oxygen atoms in total. The second-order valence-electron chi connectivity index (χ2n) is 6.23. The van der Waals surface area contributed by atoms with Gasteiger partial charge in [-0.2, -0.15) is 5.10 Å². The summed E-state index contributed by atoms with van der Waals surface area (Å²) >= 11 is 6.16. The fourth-order valence-electron chi connectivity index (χ4n) is 3.12. The van der Waals surface area contributed by atoms with Crippen LogP contribution in [0.15, 0.2) is 55.0 Å². The maximum atomic E-state index is 9.49. The van der Waals surface area contributed by atoms with E-state index < -0.39 is 0 Å². The molecule has 0 bridgehead atoms. The molecule has 0 radical (unpaired) electrons. The lowest BCUT2D eigenvalue weighted by atomic mass is 10.2. The van der Waals surface area contributed by atoms with E-state index in [2.05, 4.69) is 20.3 Å². The summed E-state index contributed by atoms with van der Waals surface area (Å²) in [4.78, 5) is 4.58. The number of hydrogen-bond acceptors (Lipinski definition) is 5. The number of fused-ring (bicyclic) bond motifs is 3. The standard InChI is InChI=1S/C19H13ClN6O/c1-11-2-5-13(20)8-16(11)26-18-15(9-22-26)19-24-23-17(25(19)10-21-18)12-3-6-14(27)7-4-12/h2-10,27H,1H3. The van der Waals surface area contributed by atoms with Crippen molar-refractivity contribution in [1.29, 1.82) is 0 Å². The van der Waals surface area contributed by atoms with Gasteiger partial charge in [0.15, 0.2) is 17.1 Å². The van der Waals surface area contributed by atoms with Crippen LogP contribution in [0.5, 0.6) is 5.75 Å². The second kappa shape index (κ2) is 5.78. The lowest BCUT2D eigenvalue weighted by Gasteiger charge is -2.07. The van der Waals surface area contributed by atoms with E-state index in [0.29, 0.717) is 22.1 Å². The Morgan fingerprint density at radius 3 is 2.63 bits per heavy atom. The molecule has 0 spiro atoms. The topological polar surface area (TPSA) is 81.1 Å². The maximum absolute atomic E-state index is 9.49. The van der Waals surface area contributed by atoms with E-state index in [4.69, 9.17) is 11.6 Å². The number of rotatable bonds is 2. The van der Waals surface area contributed by atoms with E-state index >= 15 is 0 Å². The predicted octanol–water partition coefficient (Wildman–Crippen LogP) is 3.80. The Labute approximate surface area is 158 Å². The molecule has 132 valence electrons. The molecule has 0 fully saturated rings. The number of aromatic hydroxyl groups is 1. The van der Waals surface area contributed by atoms with Crippen molar-refractivity contribution < 1.29 is 5.11 Å². The van der Waals surface area contributed by atoms with Crippen LogP contribution in [-0.4, -0.2) is 34.5 Å². The monoisotopic (exact) mass is 376 g/mol. The molecule has 8 heteroatoms. The smallest absolute Gasteiger partial charge is 0.175 e. The van der Waals surface area contributed by atoms with Crippen molar-refractivity contribution in [3.8, 4) is 22.8 Å². The van der Waals surface area contributed by atoms with E-state index in [9.17, 15) is 5.11 Å². The quantitative estimate of drug-likeness (QED) is 0.507. The van der Waals surface area contributed by atoms with E-state index in [1.54, 1.807) is 41.5 Å². The van der Waals surface area contributed by atoms with Crippen LogP contribution >= 0.6 is 11.6 Å². The fourth-order valence-corrected chi connectivity index (χ4v) is 3.28. The molecule has 5 aromatic rings. The summed E-state index contributed by atoms with van der Waals surface area (Å²) in [6.45, 7) is 2.00. The third-order valence-corrected chi connectivity index (χ3v) is 4.74. The van der Waals surface area contributed by atoms with Crippen molar-refractivity contribution >= 4 is 28.3 Å². The van der Waals surface area contributed by atoms with Gasteiger partial charge in [0.1, 0.15) is 12.1 Å². The van der Waals surface area contributed by atoms with E-state index in [1.165, 1.54) is 0 Å². The van der Waals surface area contributed by atoms with Crippen LogP contribution in [0, 0.1) is 6.92 Å². The minimum absolute atomic E-state index is 0.200. The SMILES string of the molecule is Cc1ccc(Cl)cc1-n1ncc2c1ncn1c(-c3ccc(O)cc3)nnc21. The van der Waals surface area contributed by atoms with Crippen molar-refractivity contribution in [1.82, 2.24) is 29.4 Å². The van der Waals surface area contributed by atoms with E-state index in [1.807, 2.05) is 29.5 Å². The van der Waals surface area contributed by atoms with Crippen molar-refractivity contribution in [2.24, 2.45) is 0 Å². The summed E-state index contributed by atoms with van der Waals surface area (Å²) in [5.41, 5.74) is 4.08. The minimum atomic E-state index is 0.200. The first-order valence-electron chi connectivity index (χ1n) is 8.25.